The third-order valence-electron chi connectivity index (χ3n) is 5.21. The molecule has 132 valence electrons. The van der Waals surface area contributed by atoms with Gasteiger partial charge < -0.3 is 10.4 Å². The average Bonchev–Trinajstić information content (AvgIpc) is 2.63. The van der Waals surface area contributed by atoms with Gasteiger partial charge in [0.25, 0.3) is 0 Å². The first-order chi connectivity index (χ1) is 12.1. The molecule has 1 saturated carbocycles. The topological polar surface area (TPSA) is 49.3 Å². The molecule has 25 heavy (non-hydrogen) atoms. The van der Waals surface area contributed by atoms with Gasteiger partial charge in [-0.1, -0.05) is 43.5 Å². The maximum atomic E-state index is 13.7. The Bertz CT molecular complexity index is 738. The van der Waals surface area contributed by atoms with Crippen molar-refractivity contribution in [2.45, 2.75) is 44.1 Å². The van der Waals surface area contributed by atoms with Crippen LogP contribution in [0.5, 0.6) is 0 Å². The number of hydrogen-bond acceptors (Lipinski definition) is 2. The number of carboxylic acids is 1. The van der Waals surface area contributed by atoms with Crippen LogP contribution < -0.4 is 5.32 Å². The van der Waals surface area contributed by atoms with Gasteiger partial charge in [0.1, 0.15) is 5.82 Å². The van der Waals surface area contributed by atoms with Crippen molar-refractivity contribution in [3.05, 3.63) is 71.0 Å². The van der Waals surface area contributed by atoms with E-state index in [-0.39, 0.29) is 11.2 Å². The van der Waals surface area contributed by atoms with E-state index >= 15 is 0 Å². The first-order valence-corrected chi connectivity index (χ1v) is 8.88. The molecule has 0 spiro atoms. The predicted octanol–water partition coefficient (Wildman–Crippen LogP) is 4.52. The molecule has 0 unspecified atom stereocenters. The van der Waals surface area contributed by atoms with Crippen LogP contribution in [-0.4, -0.2) is 17.6 Å². The normalized spacial score (nSPS) is 16.5. The molecule has 0 aromatic heterocycles. The maximum absolute atomic E-state index is 13.7. The molecular weight excluding hydrogens is 317 g/mol. The van der Waals surface area contributed by atoms with Crippen LogP contribution in [0.4, 0.5) is 4.39 Å². The first-order valence-electron chi connectivity index (χ1n) is 8.88. The van der Waals surface area contributed by atoms with Gasteiger partial charge in [-0.05, 0) is 48.2 Å². The fraction of sp³-hybridized carbons (Fsp3) is 0.381. The van der Waals surface area contributed by atoms with Crippen molar-refractivity contribution < 1.29 is 14.3 Å². The Kier molecular flexibility index (Phi) is 5.49. The lowest BCUT2D eigenvalue weighted by Gasteiger charge is -2.38. The zero-order valence-corrected chi connectivity index (χ0v) is 14.3. The van der Waals surface area contributed by atoms with Crippen LogP contribution in [0, 0.1) is 5.82 Å². The molecular formula is C21H24FNO2. The fourth-order valence-electron chi connectivity index (χ4n) is 3.87. The van der Waals surface area contributed by atoms with E-state index < -0.39 is 5.97 Å². The predicted molar refractivity (Wildman–Crippen MR) is 96.3 cm³/mol. The largest absolute Gasteiger partial charge is 0.478 e. The summed E-state index contributed by atoms with van der Waals surface area (Å²) in [6, 6.07) is 14.0. The molecule has 1 aliphatic rings. The summed E-state index contributed by atoms with van der Waals surface area (Å²) >= 11 is 0. The highest BCUT2D eigenvalue weighted by Crippen LogP contribution is 2.39. The summed E-state index contributed by atoms with van der Waals surface area (Å²) in [7, 11) is 0. The van der Waals surface area contributed by atoms with Gasteiger partial charge >= 0.3 is 5.97 Å². The Morgan fingerprint density at radius 2 is 1.84 bits per heavy atom. The molecule has 0 saturated heterocycles. The Morgan fingerprint density at radius 1 is 1.08 bits per heavy atom. The molecule has 0 amide bonds. The van der Waals surface area contributed by atoms with Gasteiger partial charge in [-0.15, -0.1) is 0 Å². The highest BCUT2D eigenvalue weighted by molar-refractivity contribution is 5.87. The summed E-state index contributed by atoms with van der Waals surface area (Å²) < 4.78 is 13.7. The number of carbonyl (C=O) groups is 1. The summed E-state index contributed by atoms with van der Waals surface area (Å²) in [6.07, 6.45) is 5.66. The first kappa shape index (κ1) is 17.6. The van der Waals surface area contributed by atoms with E-state index in [2.05, 4.69) is 5.32 Å². The molecule has 0 atom stereocenters. The van der Waals surface area contributed by atoms with E-state index in [0.29, 0.717) is 12.1 Å². The standard InChI is InChI=1S/C21H24FNO2/c22-19-9-5-8-18(13-19)21(10-2-1-3-11-21)15-23-14-16-6-4-7-17(12-16)20(24)25/h4-9,12-13,23H,1-3,10-11,14-15H2,(H,24,25). The molecule has 0 aliphatic heterocycles. The number of aromatic carboxylic acids is 1. The molecule has 2 aromatic rings. The quantitative estimate of drug-likeness (QED) is 0.812. The highest BCUT2D eigenvalue weighted by atomic mass is 19.1. The zero-order chi connectivity index (χ0) is 17.7. The molecule has 2 N–H and O–H groups in total. The summed E-state index contributed by atoms with van der Waals surface area (Å²) in [6.45, 7) is 1.38. The van der Waals surface area contributed by atoms with Gasteiger partial charge in [0.05, 0.1) is 5.56 Å². The van der Waals surface area contributed by atoms with Gasteiger partial charge in [-0.3, -0.25) is 0 Å². The number of hydrogen-bond donors (Lipinski definition) is 2. The molecule has 4 heteroatoms. The van der Waals surface area contributed by atoms with Crippen molar-refractivity contribution in [3.63, 3.8) is 0 Å². The zero-order valence-electron chi connectivity index (χ0n) is 14.3. The number of halogens is 1. The molecule has 3 rings (SSSR count). The van der Waals surface area contributed by atoms with Gasteiger partial charge in [-0.25, -0.2) is 9.18 Å². The third-order valence-corrected chi connectivity index (χ3v) is 5.21. The van der Waals surface area contributed by atoms with Gasteiger partial charge in [0, 0.05) is 18.5 Å². The molecule has 1 aliphatic carbocycles. The molecule has 3 nitrogen and oxygen atoms in total. The van der Waals surface area contributed by atoms with E-state index in [0.717, 1.165) is 43.4 Å². The molecule has 0 heterocycles. The summed E-state index contributed by atoms with van der Waals surface area (Å²) in [5, 5.41) is 12.6. The molecule has 0 bridgehead atoms. The van der Waals surface area contributed by atoms with Crippen molar-refractivity contribution in [1.82, 2.24) is 5.32 Å². The van der Waals surface area contributed by atoms with Crippen LogP contribution in [0.15, 0.2) is 48.5 Å². The number of carboxylic acid groups (broad SMARTS) is 1. The van der Waals surface area contributed by atoms with E-state index in [9.17, 15) is 9.18 Å². The van der Waals surface area contributed by atoms with Crippen LogP contribution in [-0.2, 0) is 12.0 Å². The van der Waals surface area contributed by atoms with E-state index in [1.165, 1.54) is 12.5 Å². The second-order valence-corrected chi connectivity index (χ2v) is 6.96. The summed E-state index contributed by atoms with van der Waals surface area (Å²) in [5.74, 6) is -1.10. The average molecular weight is 341 g/mol. The summed E-state index contributed by atoms with van der Waals surface area (Å²) in [4.78, 5) is 11.1. The van der Waals surface area contributed by atoms with E-state index in [1.54, 1.807) is 30.3 Å². The Labute approximate surface area is 147 Å². The summed E-state index contributed by atoms with van der Waals surface area (Å²) in [5.41, 5.74) is 2.28. The SMILES string of the molecule is O=C(O)c1cccc(CNCC2(c3cccc(F)c3)CCCCC2)c1. The van der Waals surface area contributed by atoms with Crippen molar-refractivity contribution in [2.75, 3.05) is 6.54 Å². The second-order valence-electron chi connectivity index (χ2n) is 6.96. The van der Waals surface area contributed by atoms with Gasteiger partial charge in [0.2, 0.25) is 0 Å². The maximum Gasteiger partial charge on any atom is 0.335 e. The molecule has 1 fully saturated rings. The lowest BCUT2D eigenvalue weighted by Crippen LogP contribution is -2.39. The van der Waals surface area contributed by atoms with E-state index in [4.69, 9.17) is 5.11 Å². The monoisotopic (exact) mass is 341 g/mol. The smallest absolute Gasteiger partial charge is 0.335 e. The lowest BCUT2D eigenvalue weighted by atomic mass is 9.69. The minimum absolute atomic E-state index is 0.0369. The van der Waals surface area contributed by atoms with Crippen molar-refractivity contribution in [1.29, 1.82) is 0 Å². The second kappa shape index (κ2) is 7.79. The molecule has 0 radical (unpaired) electrons. The number of rotatable bonds is 6. The van der Waals surface area contributed by atoms with Crippen molar-refractivity contribution in [2.24, 2.45) is 0 Å². The van der Waals surface area contributed by atoms with Crippen LogP contribution in [0.3, 0.4) is 0 Å². The lowest BCUT2D eigenvalue weighted by molar-refractivity contribution is 0.0696. The minimum Gasteiger partial charge on any atom is -0.478 e. The molecule has 2 aromatic carbocycles. The van der Waals surface area contributed by atoms with Gasteiger partial charge in [-0.2, -0.15) is 0 Å². The van der Waals surface area contributed by atoms with Crippen LogP contribution in [0.1, 0.15) is 53.6 Å². The van der Waals surface area contributed by atoms with Crippen LogP contribution >= 0.6 is 0 Å². The van der Waals surface area contributed by atoms with Crippen LogP contribution in [0.25, 0.3) is 0 Å². The Balaban J connectivity index is 1.71. The highest BCUT2D eigenvalue weighted by Gasteiger charge is 2.33. The fourth-order valence-corrected chi connectivity index (χ4v) is 3.87. The minimum atomic E-state index is -0.912. The van der Waals surface area contributed by atoms with Gasteiger partial charge in [0.15, 0.2) is 0 Å². The van der Waals surface area contributed by atoms with Crippen molar-refractivity contribution >= 4 is 5.97 Å². The van der Waals surface area contributed by atoms with Crippen LogP contribution in [0.2, 0.25) is 0 Å². The Morgan fingerprint density at radius 3 is 2.56 bits per heavy atom. The number of benzene rings is 2. The van der Waals surface area contributed by atoms with E-state index in [1.807, 2.05) is 12.1 Å². The van der Waals surface area contributed by atoms with Crippen molar-refractivity contribution in [3.8, 4) is 0 Å². The Hall–Kier alpha value is -2.20. The number of nitrogens with one attached hydrogen (secondary N) is 1. The third kappa shape index (κ3) is 4.26.